The first-order valence-corrected chi connectivity index (χ1v) is 5.39. The molecule has 0 spiro atoms. The summed E-state index contributed by atoms with van der Waals surface area (Å²) in [6.07, 6.45) is 3.13. The van der Waals surface area contributed by atoms with Crippen molar-refractivity contribution < 1.29 is 4.79 Å². The highest BCUT2D eigenvalue weighted by Crippen LogP contribution is 2.29. The first-order chi connectivity index (χ1) is 5.36. The van der Waals surface area contributed by atoms with E-state index in [1.807, 2.05) is 11.8 Å². The lowest BCUT2D eigenvalue weighted by Crippen LogP contribution is -2.32. The number of hydrogen-bond donors (Lipinski definition) is 1. The molecule has 0 saturated carbocycles. The van der Waals surface area contributed by atoms with Crippen LogP contribution in [0.5, 0.6) is 0 Å². The number of nitrogens with one attached hydrogen (secondary N) is 1. The minimum Gasteiger partial charge on any atom is -0.353 e. The molecule has 0 aliphatic carbocycles. The fourth-order valence-corrected chi connectivity index (χ4v) is 3.20. The summed E-state index contributed by atoms with van der Waals surface area (Å²) in [5.41, 5.74) is 0. The molecule has 11 heavy (non-hydrogen) atoms. The molecule has 2 heterocycles. The van der Waals surface area contributed by atoms with Crippen LogP contribution in [-0.2, 0) is 4.79 Å². The zero-order valence-corrected chi connectivity index (χ0v) is 7.32. The Morgan fingerprint density at radius 3 is 2.91 bits per heavy atom. The van der Waals surface area contributed by atoms with E-state index in [-0.39, 0.29) is 5.91 Å². The maximum Gasteiger partial charge on any atom is 0.220 e. The molecule has 1 amide bonds. The van der Waals surface area contributed by atoms with E-state index in [9.17, 15) is 4.79 Å². The molecule has 0 aromatic rings. The molecule has 0 radical (unpaired) electrons. The van der Waals surface area contributed by atoms with Crippen LogP contribution in [0.4, 0.5) is 0 Å². The number of carbonyl (C=O) groups excluding carboxylic acids is 1. The number of hydrogen-bond acceptors (Lipinski definition) is 2. The molecule has 0 bridgehead atoms. The fourth-order valence-electron chi connectivity index (χ4n) is 1.86. The highest BCUT2D eigenvalue weighted by Gasteiger charge is 2.30. The van der Waals surface area contributed by atoms with Crippen LogP contribution in [0.15, 0.2) is 0 Å². The third kappa shape index (κ3) is 1.53. The zero-order chi connectivity index (χ0) is 7.68. The van der Waals surface area contributed by atoms with Crippen molar-refractivity contribution in [1.82, 2.24) is 5.32 Å². The van der Waals surface area contributed by atoms with Crippen LogP contribution < -0.4 is 5.32 Å². The molecule has 2 nitrogen and oxygen atoms in total. The Bertz CT molecular complexity index is 165. The summed E-state index contributed by atoms with van der Waals surface area (Å²) >= 11 is 2.02. The number of rotatable bonds is 1. The van der Waals surface area contributed by atoms with Gasteiger partial charge in [-0.25, -0.2) is 0 Å². The third-order valence-corrected chi connectivity index (χ3v) is 3.75. The van der Waals surface area contributed by atoms with E-state index in [1.165, 1.54) is 17.9 Å². The van der Waals surface area contributed by atoms with E-state index >= 15 is 0 Å². The Hall–Kier alpha value is -0.180. The lowest BCUT2D eigenvalue weighted by Gasteiger charge is -2.16. The van der Waals surface area contributed by atoms with Gasteiger partial charge >= 0.3 is 0 Å². The van der Waals surface area contributed by atoms with Crippen molar-refractivity contribution in [2.75, 3.05) is 11.5 Å². The quantitative estimate of drug-likeness (QED) is 0.638. The summed E-state index contributed by atoms with van der Waals surface area (Å²) in [4.78, 5) is 10.9. The average Bonchev–Trinajstić information content (AvgIpc) is 2.55. The molecule has 0 aromatic carbocycles. The average molecular weight is 171 g/mol. The number of thioether (sulfide) groups is 1. The normalized spacial score (nSPS) is 37.6. The molecule has 2 aliphatic heterocycles. The van der Waals surface area contributed by atoms with E-state index < -0.39 is 0 Å². The standard InChI is InChI=1S/C8H13NOS/c10-8-2-1-7(9-8)6-3-4-11-5-6/h6-7H,1-5H2,(H,9,10). The summed E-state index contributed by atoms with van der Waals surface area (Å²) in [7, 11) is 0. The highest BCUT2D eigenvalue weighted by molar-refractivity contribution is 7.99. The van der Waals surface area contributed by atoms with Crippen molar-refractivity contribution in [2.45, 2.75) is 25.3 Å². The maximum absolute atomic E-state index is 10.9. The van der Waals surface area contributed by atoms with Gasteiger partial charge in [0.1, 0.15) is 0 Å². The predicted octanol–water partition coefficient (Wildman–Crippen LogP) is 1.02. The van der Waals surface area contributed by atoms with Crippen LogP contribution in [0.2, 0.25) is 0 Å². The van der Waals surface area contributed by atoms with Crippen molar-refractivity contribution >= 4 is 17.7 Å². The van der Waals surface area contributed by atoms with Crippen LogP contribution in [-0.4, -0.2) is 23.5 Å². The smallest absolute Gasteiger partial charge is 0.220 e. The van der Waals surface area contributed by atoms with E-state index in [2.05, 4.69) is 5.32 Å². The van der Waals surface area contributed by atoms with Crippen LogP contribution in [0.3, 0.4) is 0 Å². The van der Waals surface area contributed by atoms with Gasteiger partial charge < -0.3 is 5.32 Å². The molecule has 2 aliphatic rings. The molecule has 1 N–H and O–H groups in total. The van der Waals surface area contributed by atoms with E-state index in [4.69, 9.17) is 0 Å². The van der Waals surface area contributed by atoms with Crippen molar-refractivity contribution in [3.8, 4) is 0 Å². The molecule has 0 aromatic heterocycles. The molecule has 2 fully saturated rings. The monoisotopic (exact) mass is 171 g/mol. The Labute approximate surface area is 71.1 Å². The second kappa shape index (κ2) is 3.05. The number of amides is 1. The minimum atomic E-state index is 0.256. The predicted molar refractivity (Wildman–Crippen MR) is 46.6 cm³/mol. The fraction of sp³-hybridized carbons (Fsp3) is 0.875. The maximum atomic E-state index is 10.9. The molecule has 2 unspecified atom stereocenters. The van der Waals surface area contributed by atoms with Crippen LogP contribution in [0.1, 0.15) is 19.3 Å². The van der Waals surface area contributed by atoms with E-state index in [1.54, 1.807) is 0 Å². The van der Waals surface area contributed by atoms with Gasteiger partial charge in [0.05, 0.1) is 0 Å². The summed E-state index contributed by atoms with van der Waals surface area (Å²) in [6.45, 7) is 0. The molecular weight excluding hydrogens is 158 g/mol. The SMILES string of the molecule is O=C1CCC(C2CCSC2)N1. The third-order valence-electron chi connectivity index (χ3n) is 2.56. The van der Waals surface area contributed by atoms with Crippen molar-refractivity contribution in [1.29, 1.82) is 0 Å². The van der Waals surface area contributed by atoms with Crippen molar-refractivity contribution in [2.24, 2.45) is 5.92 Å². The molecule has 2 atom stereocenters. The van der Waals surface area contributed by atoms with E-state index in [0.29, 0.717) is 6.04 Å². The number of carbonyl (C=O) groups is 1. The molecule has 3 heteroatoms. The van der Waals surface area contributed by atoms with Crippen LogP contribution in [0, 0.1) is 5.92 Å². The highest BCUT2D eigenvalue weighted by atomic mass is 32.2. The molecule has 2 saturated heterocycles. The largest absolute Gasteiger partial charge is 0.353 e. The molecule has 62 valence electrons. The first-order valence-electron chi connectivity index (χ1n) is 4.23. The Morgan fingerprint density at radius 2 is 2.36 bits per heavy atom. The zero-order valence-electron chi connectivity index (χ0n) is 6.51. The second-order valence-electron chi connectivity index (χ2n) is 3.34. The van der Waals surface area contributed by atoms with Crippen LogP contribution >= 0.6 is 11.8 Å². The van der Waals surface area contributed by atoms with Gasteiger partial charge in [-0.05, 0) is 30.3 Å². The van der Waals surface area contributed by atoms with Gasteiger partial charge in [0, 0.05) is 12.5 Å². The van der Waals surface area contributed by atoms with Gasteiger partial charge in [-0.1, -0.05) is 0 Å². The molecule has 2 rings (SSSR count). The van der Waals surface area contributed by atoms with Crippen molar-refractivity contribution in [3.63, 3.8) is 0 Å². The van der Waals surface area contributed by atoms with E-state index in [0.717, 1.165) is 18.8 Å². The Balaban J connectivity index is 1.90. The summed E-state index contributed by atoms with van der Waals surface area (Å²) < 4.78 is 0. The van der Waals surface area contributed by atoms with Gasteiger partial charge in [-0.2, -0.15) is 11.8 Å². The summed E-state index contributed by atoms with van der Waals surface area (Å²) in [6, 6.07) is 0.512. The van der Waals surface area contributed by atoms with Gasteiger partial charge in [0.25, 0.3) is 0 Å². The first kappa shape index (κ1) is 7.47. The van der Waals surface area contributed by atoms with Crippen molar-refractivity contribution in [3.05, 3.63) is 0 Å². The van der Waals surface area contributed by atoms with Gasteiger partial charge in [-0.3, -0.25) is 4.79 Å². The second-order valence-corrected chi connectivity index (χ2v) is 4.49. The molecular formula is C8H13NOS. The Morgan fingerprint density at radius 1 is 1.45 bits per heavy atom. The van der Waals surface area contributed by atoms with Gasteiger partial charge in [0.2, 0.25) is 5.91 Å². The Kier molecular flexibility index (Phi) is 2.07. The lowest BCUT2D eigenvalue weighted by molar-refractivity contribution is -0.119. The van der Waals surface area contributed by atoms with Crippen LogP contribution in [0.25, 0.3) is 0 Å². The lowest BCUT2D eigenvalue weighted by atomic mass is 9.98. The summed E-state index contributed by atoms with van der Waals surface area (Å²) in [5, 5.41) is 3.04. The van der Waals surface area contributed by atoms with Gasteiger partial charge in [-0.15, -0.1) is 0 Å². The van der Waals surface area contributed by atoms with Gasteiger partial charge in [0.15, 0.2) is 0 Å². The minimum absolute atomic E-state index is 0.256. The topological polar surface area (TPSA) is 29.1 Å². The summed E-state index contributed by atoms with van der Waals surface area (Å²) in [5.74, 6) is 3.57.